The van der Waals surface area contributed by atoms with Gasteiger partial charge in [0.25, 0.3) is 5.56 Å². The zero-order chi connectivity index (χ0) is 14.1. The van der Waals surface area contributed by atoms with Gasteiger partial charge < -0.3 is 5.73 Å². The van der Waals surface area contributed by atoms with Crippen molar-refractivity contribution in [2.75, 3.05) is 5.73 Å². The lowest BCUT2D eigenvalue weighted by Gasteiger charge is -2.07. The van der Waals surface area contributed by atoms with E-state index in [1.54, 1.807) is 22.9 Å². The summed E-state index contributed by atoms with van der Waals surface area (Å²) < 4.78 is 3.26. The van der Waals surface area contributed by atoms with Crippen LogP contribution in [0.2, 0.25) is 0 Å². The zero-order valence-corrected chi connectivity index (χ0v) is 11.0. The standard InChI is InChI=1S/C13H14N6O/c1-2-19-12(15-7-17-19)6-18-8-16-11-4-3-9(14)5-10(11)13(18)20/h3-5,7-8H,2,6,14H2,1H3. The highest BCUT2D eigenvalue weighted by atomic mass is 16.1. The molecule has 0 aliphatic rings. The number of nitrogens with zero attached hydrogens (tertiary/aromatic N) is 5. The number of hydrogen-bond acceptors (Lipinski definition) is 5. The van der Waals surface area contributed by atoms with Crippen LogP contribution in [0.15, 0.2) is 35.6 Å². The lowest BCUT2D eigenvalue weighted by atomic mass is 10.2. The molecular formula is C13H14N6O. The minimum atomic E-state index is -0.132. The van der Waals surface area contributed by atoms with Crippen LogP contribution in [-0.2, 0) is 13.1 Å². The number of fused-ring (bicyclic) bond motifs is 1. The monoisotopic (exact) mass is 270 g/mol. The first-order valence-electron chi connectivity index (χ1n) is 6.30. The Hall–Kier alpha value is -2.70. The first-order chi connectivity index (χ1) is 9.69. The van der Waals surface area contributed by atoms with E-state index in [-0.39, 0.29) is 5.56 Å². The van der Waals surface area contributed by atoms with E-state index in [1.165, 1.54) is 17.2 Å². The Morgan fingerprint density at radius 1 is 1.30 bits per heavy atom. The van der Waals surface area contributed by atoms with Crippen molar-refractivity contribution in [2.24, 2.45) is 0 Å². The zero-order valence-electron chi connectivity index (χ0n) is 11.0. The van der Waals surface area contributed by atoms with Crippen molar-refractivity contribution in [1.82, 2.24) is 24.3 Å². The van der Waals surface area contributed by atoms with E-state index in [0.29, 0.717) is 29.7 Å². The van der Waals surface area contributed by atoms with Gasteiger partial charge in [0, 0.05) is 12.2 Å². The highest BCUT2D eigenvalue weighted by Gasteiger charge is 2.08. The van der Waals surface area contributed by atoms with Gasteiger partial charge >= 0.3 is 0 Å². The van der Waals surface area contributed by atoms with Gasteiger partial charge in [-0.3, -0.25) is 9.36 Å². The molecule has 0 atom stereocenters. The molecule has 7 heteroatoms. The second kappa shape index (κ2) is 4.76. The molecule has 0 saturated carbocycles. The number of nitrogens with two attached hydrogens (primary N) is 1. The summed E-state index contributed by atoms with van der Waals surface area (Å²) >= 11 is 0. The molecule has 0 aliphatic carbocycles. The van der Waals surface area contributed by atoms with E-state index >= 15 is 0 Å². The third-order valence-corrected chi connectivity index (χ3v) is 3.16. The van der Waals surface area contributed by atoms with Gasteiger partial charge in [-0.05, 0) is 25.1 Å². The van der Waals surface area contributed by atoms with E-state index in [9.17, 15) is 4.79 Å². The Labute approximate surface area is 114 Å². The van der Waals surface area contributed by atoms with E-state index in [4.69, 9.17) is 5.73 Å². The van der Waals surface area contributed by atoms with Gasteiger partial charge in [0.05, 0.1) is 23.8 Å². The quantitative estimate of drug-likeness (QED) is 0.705. The summed E-state index contributed by atoms with van der Waals surface area (Å²) in [5.41, 5.74) is 6.77. The molecule has 3 aromatic rings. The highest BCUT2D eigenvalue weighted by Crippen LogP contribution is 2.11. The lowest BCUT2D eigenvalue weighted by molar-refractivity contribution is 0.584. The number of aromatic nitrogens is 5. The van der Waals surface area contributed by atoms with Gasteiger partial charge in [0.15, 0.2) is 0 Å². The van der Waals surface area contributed by atoms with Gasteiger partial charge in [-0.15, -0.1) is 0 Å². The Bertz CT molecular complexity index is 819. The molecule has 0 saturated heterocycles. The Morgan fingerprint density at radius 3 is 2.95 bits per heavy atom. The van der Waals surface area contributed by atoms with Crippen LogP contribution < -0.4 is 11.3 Å². The topological polar surface area (TPSA) is 91.6 Å². The number of rotatable bonds is 3. The molecule has 2 N–H and O–H groups in total. The Balaban J connectivity index is 2.09. The van der Waals surface area contributed by atoms with Crippen LogP contribution in [0.5, 0.6) is 0 Å². The molecule has 1 aromatic carbocycles. The molecule has 102 valence electrons. The molecule has 0 aliphatic heterocycles. The van der Waals surface area contributed by atoms with Gasteiger partial charge in [0.1, 0.15) is 12.2 Å². The molecule has 0 unspecified atom stereocenters. The minimum absolute atomic E-state index is 0.132. The molecule has 3 rings (SSSR count). The average molecular weight is 270 g/mol. The summed E-state index contributed by atoms with van der Waals surface area (Å²) in [6, 6.07) is 5.11. The Morgan fingerprint density at radius 2 is 2.15 bits per heavy atom. The summed E-state index contributed by atoms with van der Waals surface area (Å²) in [5.74, 6) is 0.722. The van der Waals surface area contributed by atoms with Crippen LogP contribution in [-0.4, -0.2) is 24.3 Å². The largest absolute Gasteiger partial charge is 0.399 e. The Kier molecular flexibility index (Phi) is 2.94. The maximum Gasteiger partial charge on any atom is 0.261 e. The first-order valence-corrected chi connectivity index (χ1v) is 6.30. The fourth-order valence-corrected chi connectivity index (χ4v) is 2.12. The van der Waals surface area contributed by atoms with Crippen LogP contribution >= 0.6 is 0 Å². The van der Waals surface area contributed by atoms with Crippen LogP contribution in [0.3, 0.4) is 0 Å². The first kappa shape index (κ1) is 12.3. The lowest BCUT2D eigenvalue weighted by Crippen LogP contribution is -2.23. The van der Waals surface area contributed by atoms with E-state index < -0.39 is 0 Å². The summed E-state index contributed by atoms with van der Waals surface area (Å²) in [7, 11) is 0. The number of nitrogen functional groups attached to an aromatic ring is 1. The van der Waals surface area contributed by atoms with Gasteiger partial charge in [-0.2, -0.15) is 5.10 Å². The SMILES string of the molecule is CCn1ncnc1Cn1cnc2ccc(N)cc2c1=O. The predicted molar refractivity (Wildman–Crippen MR) is 75.2 cm³/mol. The smallest absolute Gasteiger partial charge is 0.261 e. The number of aryl methyl sites for hydroxylation is 1. The van der Waals surface area contributed by atoms with E-state index in [1.807, 2.05) is 6.92 Å². The van der Waals surface area contributed by atoms with Crippen LogP contribution in [0, 0.1) is 0 Å². The van der Waals surface area contributed by atoms with Crippen LogP contribution in [0.25, 0.3) is 10.9 Å². The summed E-state index contributed by atoms with van der Waals surface area (Å²) in [6.07, 6.45) is 3.01. The third-order valence-electron chi connectivity index (χ3n) is 3.16. The molecular weight excluding hydrogens is 256 g/mol. The van der Waals surface area contributed by atoms with Crippen molar-refractivity contribution < 1.29 is 0 Å². The van der Waals surface area contributed by atoms with Gasteiger partial charge in [0.2, 0.25) is 0 Å². The van der Waals surface area contributed by atoms with Crippen molar-refractivity contribution in [3.63, 3.8) is 0 Å². The fraction of sp³-hybridized carbons (Fsp3) is 0.231. The van der Waals surface area contributed by atoms with Crippen LogP contribution in [0.4, 0.5) is 5.69 Å². The van der Waals surface area contributed by atoms with E-state index in [2.05, 4.69) is 15.1 Å². The molecule has 20 heavy (non-hydrogen) atoms. The molecule has 7 nitrogen and oxygen atoms in total. The van der Waals surface area contributed by atoms with E-state index in [0.717, 1.165) is 5.82 Å². The van der Waals surface area contributed by atoms with Crippen molar-refractivity contribution in [1.29, 1.82) is 0 Å². The van der Waals surface area contributed by atoms with Crippen molar-refractivity contribution in [3.8, 4) is 0 Å². The second-order valence-corrected chi connectivity index (χ2v) is 4.45. The molecule has 0 bridgehead atoms. The third kappa shape index (κ3) is 2.03. The average Bonchev–Trinajstić information content (AvgIpc) is 2.90. The van der Waals surface area contributed by atoms with Gasteiger partial charge in [-0.1, -0.05) is 0 Å². The minimum Gasteiger partial charge on any atom is -0.399 e. The summed E-state index contributed by atoms with van der Waals surface area (Å²) in [5, 5.41) is 4.60. The molecule has 0 spiro atoms. The maximum absolute atomic E-state index is 12.4. The molecule has 2 aromatic heterocycles. The predicted octanol–water partition coefficient (Wildman–Crippen LogP) is 0.638. The summed E-state index contributed by atoms with van der Waals surface area (Å²) in [4.78, 5) is 20.8. The molecule has 2 heterocycles. The second-order valence-electron chi connectivity index (χ2n) is 4.45. The normalized spacial score (nSPS) is 11.1. The van der Waals surface area contributed by atoms with Crippen LogP contribution in [0.1, 0.15) is 12.7 Å². The van der Waals surface area contributed by atoms with Gasteiger partial charge in [-0.25, -0.2) is 14.6 Å². The van der Waals surface area contributed by atoms with Crippen molar-refractivity contribution in [3.05, 3.63) is 47.0 Å². The molecule has 0 radical (unpaired) electrons. The van der Waals surface area contributed by atoms with Crippen molar-refractivity contribution >= 4 is 16.6 Å². The fourth-order valence-electron chi connectivity index (χ4n) is 2.12. The molecule has 0 fully saturated rings. The molecule has 0 amide bonds. The van der Waals surface area contributed by atoms with Crippen molar-refractivity contribution in [2.45, 2.75) is 20.0 Å². The number of anilines is 1. The summed E-state index contributed by atoms with van der Waals surface area (Å²) in [6.45, 7) is 3.02. The number of benzene rings is 1. The maximum atomic E-state index is 12.4. The number of hydrogen-bond donors (Lipinski definition) is 1. The highest BCUT2D eigenvalue weighted by molar-refractivity contribution is 5.80.